The second-order valence-corrected chi connectivity index (χ2v) is 8.71. The van der Waals surface area contributed by atoms with Crippen molar-refractivity contribution < 1.29 is 14.4 Å². The third-order valence-electron chi connectivity index (χ3n) is 5.53. The maximum absolute atomic E-state index is 13.0. The largest absolute Gasteiger partial charge is 0.341 e. The quantitative estimate of drug-likeness (QED) is 0.864. The van der Waals surface area contributed by atoms with Crippen LogP contribution in [0.5, 0.6) is 0 Å². The van der Waals surface area contributed by atoms with Gasteiger partial charge in [0.1, 0.15) is 11.9 Å². The number of likely N-dealkylation sites (tertiary alicyclic amines) is 2. The number of nitrogens with one attached hydrogen (secondary N) is 1. The molecule has 0 bridgehead atoms. The highest BCUT2D eigenvalue weighted by Crippen LogP contribution is 2.28. The normalized spacial score (nSPS) is 20.9. The fraction of sp³-hybridized carbons (Fsp3) is 0.619. The Balaban J connectivity index is 1.55. The molecule has 0 radical (unpaired) electrons. The van der Waals surface area contributed by atoms with Gasteiger partial charge in [-0.3, -0.25) is 14.4 Å². The molecule has 0 aliphatic carbocycles. The second-order valence-electron chi connectivity index (χ2n) is 8.71. The molecule has 2 aliphatic heterocycles. The van der Waals surface area contributed by atoms with Gasteiger partial charge in [-0.1, -0.05) is 26.8 Å². The van der Waals surface area contributed by atoms with Crippen LogP contribution < -0.4 is 5.32 Å². The molecule has 7 nitrogen and oxygen atoms in total. The average Bonchev–Trinajstić information content (AvgIpc) is 3.16. The molecule has 1 atom stereocenters. The summed E-state index contributed by atoms with van der Waals surface area (Å²) in [5.74, 6) is 0.443. The van der Waals surface area contributed by atoms with Crippen LogP contribution >= 0.6 is 0 Å². The maximum atomic E-state index is 13.0. The van der Waals surface area contributed by atoms with Gasteiger partial charge in [-0.25, -0.2) is 4.98 Å². The summed E-state index contributed by atoms with van der Waals surface area (Å²) in [4.78, 5) is 45.8. The highest BCUT2D eigenvalue weighted by molar-refractivity contribution is 5.92. The smallest absolute Gasteiger partial charge is 0.245 e. The van der Waals surface area contributed by atoms with Crippen molar-refractivity contribution in [2.75, 3.05) is 25.0 Å². The van der Waals surface area contributed by atoms with E-state index in [1.165, 1.54) is 0 Å². The molecule has 1 aromatic rings. The number of hydrogen-bond acceptors (Lipinski definition) is 4. The summed E-state index contributed by atoms with van der Waals surface area (Å²) in [6.45, 7) is 7.42. The standard InChI is InChI=1S/C21H30N4O3/c1-21(2,3)20(28)25-12-6-7-16(25)19(27)24-13-9-15(10-14-24)18(26)23-17-8-4-5-11-22-17/h4-5,8,11,15-16H,6-7,9-10,12-14H2,1-3H3,(H,22,23,26). The number of carbonyl (C=O) groups excluding carboxylic acids is 3. The number of carbonyl (C=O) groups is 3. The molecule has 1 unspecified atom stereocenters. The van der Waals surface area contributed by atoms with Crippen molar-refractivity contribution in [3.63, 3.8) is 0 Å². The molecule has 3 amide bonds. The molecule has 0 saturated carbocycles. The lowest BCUT2D eigenvalue weighted by Crippen LogP contribution is -2.52. The first-order chi connectivity index (χ1) is 13.3. The van der Waals surface area contributed by atoms with Gasteiger partial charge < -0.3 is 15.1 Å². The van der Waals surface area contributed by atoms with Crippen molar-refractivity contribution in [3.8, 4) is 0 Å². The first kappa shape index (κ1) is 20.3. The topological polar surface area (TPSA) is 82.6 Å². The van der Waals surface area contributed by atoms with Gasteiger partial charge in [0.05, 0.1) is 0 Å². The van der Waals surface area contributed by atoms with Crippen molar-refractivity contribution in [3.05, 3.63) is 24.4 Å². The Labute approximate surface area is 166 Å². The predicted molar refractivity (Wildman–Crippen MR) is 106 cm³/mol. The molecule has 3 rings (SSSR count). The van der Waals surface area contributed by atoms with E-state index >= 15 is 0 Å². The Morgan fingerprint density at radius 2 is 1.79 bits per heavy atom. The van der Waals surface area contributed by atoms with Crippen LogP contribution in [0, 0.1) is 11.3 Å². The van der Waals surface area contributed by atoms with E-state index in [1.807, 2.05) is 31.7 Å². The van der Waals surface area contributed by atoms with E-state index in [9.17, 15) is 14.4 Å². The summed E-state index contributed by atoms with van der Waals surface area (Å²) >= 11 is 0. The van der Waals surface area contributed by atoms with Crippen LogP contribution in [0.2, 0.25) is 0 Å². The number of amides is 3. The van der Waals surface area contributed by atoms with Crippen LogP contribution in [0.1, 0.15) is 46.5 Å². The minimum atomic E-state index is -0.487. The Morgan fingerprint density at radius 1 is 1.07 bits per heavy atom. The van der Waals surface area contributed by atoms with E-state index in [0.717, 1.165) is 12.8 Å². The van der Waals surface area contributed by atoms with Crippen molar-refractivity contribution in [2.24, 2.45) is 11.3 Å². The van der Waals surface area contributed by atoms with Gasteiger partial charge in [-0.2, -0.15) is 0 Å². The number of aromatic nitrogens is 1. The van der Waals surface area contributed by atoms with Crippen LogP contribution in [0.25, 0.3) is 0 Å². The van der Waals surface area contributed by atoms with E-state index in [1.54, 1.807) is 23.2 Å². The molecule has 2 saturated heterocycles. The van der Waals surface area contributed by atoms with Crippen molar-refractivity contribution >= 4 is 23.5 Å². The van der Waals surface area contributed by atoms with Gasteiger partial charge in [0, 0.05) is 37.2 Å². The molecule has 1 aromatic heterocycles. The minimum Gasteiger partial charge on any atom is -0.341 e. The molecule has 2 fully saturated rings. The third kappa shape index (κ3) is 4.51. The highest BCUT2D eigenvalue weighted by Gasteiger charge is 2.41. The molecule has 28 heavy (non-hydrogen) atoms. The predicted octanol–water partition coefficient (Wildman–Crippen LogP) is 2.30. The zero-order valence-corrected chi connectivity index (χ0v) is 17.0. The number of piperidine rings is 1. The van der Waals surface area contributed by atoms with E-state index in [2.05, 4.69) is 10.3 Å². The summed E-state index contributed by atoms with van der Waals surface area (Å²) < 4.78 is 0. The van der Waals surface area contributed by atoms with Gasteiger partial charge in [0.25, 0.3) is 0 Å². The van der Waals surface area contributed by atoms with E-state index in [0.29, 0.717) is 38.3 Å². The monoisotopic (exact) mass is 386 g/mol. The van der Waals surface area contributed by atoms with Crippen molar-refractivity contribution in [1.29, 1.82) is 0 Å². The van der Waals surface area contributed by atoms with Crippen molar-refractivity contribution in [2.45, 2.75) is 52.5 Å². The number of pyridine rings is 1. The van der Waals surface area contributed by atoms with E-state index in [-0.39, 0.29) is 29.7 Å². The Morgan fingerprint density at radius 3 is 2.39 bits per heavy atom. The van der Waals surface area contributed by atoms with Crippen LogP contribution in [-0.2, 0) is 14.4 Å². The molecule has 0 spiro atoms. The summed E-state index contributed by atoms with van der Waals surface area (Å²) in [6.07, 6.45) is 4.49. The number of anilines is 1. The van der Waals surface area contributed by atoms with Gasteiger partial charge >= 0.3 is 0 Å². The second kappa shape index (κ2) is 8.29. The first-order valence-electron chi connectivity index (χ1n) is 10.1. The Kier molecular flexibility index (Phi) is 6.01. The third-order valence-corrected chi connectivity index (χ3v) is 5.53. The number of rotatable bonds is 3. The zero-order valence-electron chi connectivity index (χ0n) is 17.0. The molecular weight excluding hydrogens is 356 g/mol. The first-order valence-corrected chi connectivity index (χ1v) is 10.1. The highest BCUT2D eigenvalue weighted by atomic mass is 16.2. The minimum absolute atomic E-state index is 0.0266. The molecule has 1 N–H and O–H groups in total. The van der Waals surface area contributed by atoms with Crippen LogP contribution in [0.15, 0.2) is 24.4 Å². The van der Waals surface area contributed by atoms with Gasteiger partial charge in [-0.05, 0) is 37.8 Å². The van der Waals surface area contributed by atoms with Crippen LogP contribution in [0.3, 0.4) is 0 Å². The summed E-state index contributed by atoms with van der Waals surface area (Å²) in [7, 11) is 0. The molecule has 152 valence electrons. The van der Waals surface area contributed by atoms with E-state index in [4.69, 9.17) is 0 Å². The van der Waals surface area contributed by atoms with Crippen LogP contribution in [-0.4, -0.2) is 58.2 Å². The lowest BCUT2D eigenvalue weighted by molar-refractivity contribution is -0.149. The molecule has 3 heterocycles. The van der Waals surface area contributed by atoms with Gasteiger partial charge in [-0.15, -0.1) is 0 Å². The van der Waals surface area contributed by atoms with E-state index < -0.39 is 5.41 Å². The van der Waals surface area contributed by atoms with Gasteiger partial charge in [0.2, 0.25) is 17.7 Å². The average molecular weight is 386 g/mol. The number of nitrogens with zero attached hydrogens (tertiary/aromatic N) is 3. The number of hydrogen-bond donors (Lipinski definition) is 1. The summed E-state index contributed by atoms with van der Waals surface area (Å²) in [6, 6.07) is 5.04. The maximum Gasteiger partial charge on any atom is 0.245 e. The fourth-order valence-electron chi connectivity index (χ4n) is 3.94. The molecule has 2 aliphatic rings. The molecule has 7 heteroatoms. The zero-order chi connectivity index (χ0) is 20.3. The van der Waals surface area contributed by atoms with Gasteiger partial charge in [0.15, 0.2) is 0 Å². The summed E-state index contributed by atoms with van der Waals surface area (Å²) in [5, 5.41) is 2.84. The Bertz CT molecular complexity index is 721. The molecular formula is C21H30N4O3. The SMILES string of the molecule is CC(C)(C)C(=O)N1CCCC1C(=O)N1CCC(C(=O)Nc2ccccn2)CC1. The lowest BCUT2D eigenvalue weighted by Gasteiger charge is -2.36. The van der Waals surface area contributed by atoms with Crippen LogP contribution in [0.4, 0.5) is 5.82 Å². The van der Waals surface area contributed by atoms with Crippen molar-refractivity contribution in [1.82, 2.24) is 14.8 Å². The summed E-state index contributed by atoms with van der Waals surface area (Å²) in [5.41, 5.74) is -0.487. The molecule has 0 aromatic carbocycles. The Hall–Kier alpha value is -2.44. The fourth-order valence-corrected chi connectivity index (χ4v) is 3.94. The lowest BCUT2D eigenvalue weighted by atomic mass is 9.93.